The first-order valence-electron chi connectivity index (χ1n) is 11.8. The van der Waals surface area contributed by atoms with Gasteiger partial charge in [-0.05, 0) is 57.9 Å². The summed E-state index contributed by atoms with van der Waals surface area (Å²) >= 11 is 0. The van der Waals surface area contributed by atoms with Crippen molar-refractivity contribution in [3.63, 3.8) is 0 Å². The van der Waals surface area contributed by atoms with Crippen molar-refractivity contribution in [2.24, 2.45) is 0 Å². The predicted octanol–water partition coefficient (Wildman–Crippen LogP) is 4.53. The van der Waals surface area contributed by atoms with Crippen LogP contribution in [0.15, 0.2) is 47.4 Å². The van der Waals surface area contributed by atoms with E-state index in [0.717, 1.165) is 12.0 Å². The minimum absolute atomic E-state index is 0.0591. The van der Waals surface area contributed by atoms with Crippen molar-refractivity contribution in [3.8, 4) is 11.3 Å². The fourth-order valence-electron chi connectivity index (χ4n) is 4.07. The number of esters is 1. The number of carbonyl (C=O) groups excluding carboxylic acids is 1. The molecule has 36 heavy (non-hydrogen) atoms. The van der Waals surface area contributed by atoms with Crippen LogP contribution in [-0.4, -0.2) is 37.3 Å². The molecular formula is C26H29N5O5. The molecule has 0 aliphatic rings. The molecule has 0 radical (unpaired) electrons. The lowest BCUT2D eigenvalue weighted by atomic mass is 10.1. The molecule has 0 saturated carbocycles. The average molecular weight is 492 g/mol. The van der Waals surface area contributed by atoms with Crippen molar-refractivity contribution < 1.29 is 14.5 Å². The van der Waals surface area contributed by atoms with Gasteiger partial charge >= 0.3 is 5.97 Å². The number of aryl methyl sites for hydroxylation is 1. The standard InChI is InChI=1S/C26H29N5O5/c1-6-11-27-30-14-19(18-9-8-17(31(34)35)13-22(18)30)24-25(33)29(15-23(32)36-26(3,4)5)21-10-7-16(2)12-20(21)28-24/h7-10,12-14,27H,6,11,15H2,1-5H3. The molecule has 0 aliphatic heterocycles. The van der Waals surface area contributed by atoms with E-state index in [-0.39, 0.29) is 17.9 Å². The molecule has 2 heterocycles. The van der Waals surface area contributed by atoms with Gasteiger partial charge in [-0.15, -0.1) is 0 Å². The first-order chi connectivity index (χ1) is 17.0. The SMILES string of the molecule is CCCNn1cc(-c2nc3cc(C)ccc3n(CC(=O)OC(C)(C)C)c2=O)c2ccc([N+](=O)[O-])cc21. The molecule has 10 nitrogen and oxygen atoms in total. The number of hydrogen-bond donors (Lipinski definition) is 1. The molecule has 0 aliphatic carbocycles. The lowest BCUT2D eigenvalue weighted by Crippen LogP contribution is -2.31. The summed E-state index contributed by atoms with van der Waals surface area (Å²) in [6.07, 6.45) is 2.55. The highest BCUT2D eigenvalue weighted by Crippen LogP contribution is 2.31. The van der Waals surface area contributed by atoms with Gasteiger partial charge in [0.25, 0.3) is 11.2 Å². The minimum atomic E-state index is -0.698. The van der Waals surface area contributed by atoms with Crippen molar-refractivity contribution in [3.05, 3.63) is 68.6 Å². The van der Waals surface area contributed by atoms with Gasteiger partial charge in [0.15, 0.2) is 0 Å². The van der Waals surface area contributed by atoms with E-state index in [1.807, 2.05) is 26.0 Å². The number of nitrogens with one attached hydrogen (secondary N) is 1. The Morgan fingerprint density at radius 2 is 1.92 bits per heavy atom. The van der Waals surface area contributed by atoms with E-state index < -0.39 is 22.1 Å². The zero-order valence-electron chi connectivity index (χ0n) is 21.0. The van der Waals surface area contributed by atoms with Crippen LogP contribution in [-0.2, 0) is 16.1 Å². The summed E-state index contributed by atoms with van der Waals surface area (Å²) in [4.78, 5) is 42.1. The molecule has 0 atom stereocenters. The molecule has 2 aromatic carbocycles. The molecule has 0 bridgehead atoms. The number of non-ortho nitro benzene ring substituents is 1. The second kappa shape index (κ2) is 9.44. The fourth-order valence-corrected chi connectivity index (χ4v) is 4.07. The number of benzene rings is 2. The molecule has 4 aromatic rings. The summed E-state index contributed by atoms with van der Waals surface area (Å²) in [7, 11) is 0. The number of aromatic nitrogens is 3. The number of rotatable bonds is 7. The van der Waals surface area contributed by atoms with Crippen molar-refractivity contribution >= 4 is 33.6 Å². The smallest absolute Gasteiger partial charge is 0.326 e. The average Bonchev–Trinajstić information content (AvgIpc) is 3.15. The Labute approximate surface area is 207 Å². The quantitative estimate of drug-likeness (QED) is 0.229. The van der Waals surface area contributed by atoms with E-state index in [9.17, 15) is 19.7 Å². The topological polar surface area (TPSA) is 121 Å². The zero-order valence-corrected chi connectivity index (χ0v) is 21.0. The van der Waals surface area contributed by atoms with Crippen LogP contribution in [0, 0.1) is 17.0 Å². The van der Waals surface area contributed by atoms with Crippen molar-refractivity contribution in [2.75, 3.05) is 12.0 Å². The lowest BCUT2D eigenvalue weighted by Gasteiger charge is -2.20. The molecule has 1 N–H and O–H groups in total. The summed E-state index contributed by atoms with van der Waals surface area (Å²) in [5, 5.41) is 12.0. The second-order valence-corrected chi connectivity index (χ2v) is 9.71. The van der Waals surface area contributed by atoms with Crippen LogP contribution in [0.4, 0.5) is 5.69 Å². The van der Waals surface area contributed by atoms with Gasteiger partial charge in [-0.3, -0.25) is 28.9 Å². The molecule has 188 valence electrons. The van der Waals surface area contributed by atoms with E-state index in [1.54, 1.807) is 43.8 Å². The van der Waals surface area contributed by atoms with Gasteiger partial charge in [0.1, 0.15) is 17.8 Å². The van der Waals surface area contributed by atoms with E-state index >= 15 is 0 Å². The molecule has 0 saturated heterocycles. The maximum absolute atomic E-state index is 13.8. The van der Waals surface area contributed by atoms with Gasteiger partial charge < -0.3 is 10.2 Å². The highest BCUT2D eigenvalue weighted by atomic mass is 16.6. The van der Waals surface area contributed by atoms with Gasteiger partial charge in [-0.1, -0.05) is 13.0 Å². The molecule has 10 heteroatoms. The molecule has 0 spiro atoms. The van der Waals surface area contributed by atoms with E-state index in [1.165, 1.54) is 16.7 Å². The summed E-state index contributed by atoms with van der Waals surface area (Å²) in [6, 6.07) is 9.96. The van der Waals surface area contributed by atoms with Crippen molar-refractivity contribution in [1.82, 2.24) is 14.2 Å². The van der Waals surface area contributed by atoms with Gasteiger partial charge in [0, 0.05) is 35.8 Å². The highest BCUT2D eigenvalue weighted by Gasteiger charge is 2.23. The van der Waals surface area contributed by atoms with Crippen LogP contribution in [0.25, 0.3) is 33.2 Å². The first-order valence-corrected chi connectivity index (χ1v) is 11.8. The number of fused-ring (bicyclic) bond motifs is 2. The lowest BCUT2D eigenvalue weighted by molar-refractivity contribution is -0.384. The van der Waals surface area contributed by atoms with E-state index in [0.29, 0.717) is 34.0 Å². The molecule has 0 fully saturated rings. The molecule has 2 aromatic heterocycles. The van der Waals surface area contributed by atoms with E-state index in [2.05, 4.69) is 10.4 Å². The zero-order chi connectivity index (χ0) is 26.2. The number of nitro benzene ring substituents is 1. The Bertz CT molecular complexity index is 1540. The van der Waals surface area contributed by atoms with Gasteiger partial charge in [0.2, 0.25) is 0 Å². The summed E-state index contributed by atoms with van der Waals surface area (Å²) in [6.45, 7) is 9.58. The van der Waals surface area contributed by atoms with Crippen LogP contribution < -0.4 is 11.0 Å². The Balaban J connectivity index is 1.96. The van der Waals surface area contributed by atoms with Crippen LogP contribution in [0.2, 0.25) is 0 Å². The largest absolute Gasteiger partial charge is 0.459 e. The van der Waals surface area contributed by atoms with Crippen LogP contribution in [0.1, 0.15) is 39.7 Å². The Kier molecular flexibility index (Phi) is 6.53. The third-order valence-corrected chi connectivity index (χ3v) is 5.60. The molecular weight excluding hydrogens is 462 g/mol. The summed E-state index contributed by atoms with van der Waals surface area (Å²) in [5.74, 6) is -0.536. The van der Waals surface area contributed by atoms with E-state index in [4.69, 9.17) is 4.74 Å². The Morgan fingerprint density at radius 3 is 2.58 bits per heavy atom. The monoisotopic (exact) mass is 491 g/mol. The number of carbonyl (C=O) groups is 1. The normalized spacial score (nSPS) is 11.7. The molecule has 4 rings (SSSR count). The Hall–Kier alpha value is -4.21. The third kappa shape index (κ3) is 4.93. The number of nitrogens with zero attached hydrogens (tertiary/aromatic N) is 4. The number of ether oxygens (including phenoxy) is 1. The molecule has 0 unspecified atom stereocenters. The minimum Gasteiger partial charge on any atom is -0.459 e. The molecule has 0 amide bonds. The number of nitro groups is 1. The van der Waals surface area contributed by atoms with Crippen LogP contribution >= 0.6 is 0 Å². The number of hydrogen-bond acceptors (Lipinski definition) is 7. The Morgan fingerprint density at radius 1 is 1.17 bits per heavy atom. The van der Waals surface area contributed by atoms with Gasteiger partial charge in [-0.2, -0.15) is 0 Å². The maximum Gasteiger partial charge on any atom is 0.326 e. The first kappa shape index (κ1) is 24.9. The highest BCUT2D eigenvalue weighted by molar-refractivity contribution is 5.97. The van der Waals surface area contributed by atoms with Crippen LogP contribution in [0.5, 0.6) is 0 Å². The van der Waals surface area contributed by atoms with Crippen molar-refractivity contribution in [2.45, 2.75) is 53.2 Å². The van der Waals surface area contributed by atoms with Gasteiger partial charge in [0.05, 0.1) is 21.5 Å². The maximum atomic E-state index is 13.8. The van der Waals surface area contributed by atoms with Crippen LogP contribution in [0.3, 0.4) is 0 Å². The fraction of sp³-hybridized carbons (Fsp3) is 0.346. The summed E-state index contributed by atoms with van der Waals surface area (Å²) in [5.41, 5.74) is 5.23. The third-order valence-electron chi connectivity index (χ3n) is 5.60. The predicted molar refractivity (Wildman–Crippen MR) is 139 cm³/mol. The second-order valence-electron chi connectivity index (χ2n) is 9.71. The van der Waals surface area contributed by atoms with Gasteiger partial charge in [-0.25, -0.2) is 4.98 Å². The van der Waals surface area contributed by atoms with Crippen molar-refractivity contribution in [1.29, 1.82) is 0 Å². The summed E-state index contributed by atoms with van der Waals surface area (Å²) < 4.78 is 8.53.